The predicted molar refractivity (Wildman–Crippen MR) is 103 cm³/mol. The molecule has 5 nitrogen and oxygen atoms in total. The summed E-state index contributed by atoms with van der Waals surface area (Å²) in [6, 6.07) is 1.73. The van der Waals surface area contributed by atoms with Gasteiger partial charge in [0.05, 0.1) is 25.2 Å². The lowest BCUT2D eigenvalue weighted by Crippen LogP contribution is -2.53. The van der Waals surface area contributed by atoms with E-state index in [0.717, 1.165) is 18.4 Å². The molecule has 0 aliphatic heterocycles. The number of rotatable bonds is 3. The van der Waals surface area contributed by atoms with E-state index in [1.54, 1.807) is 13.2 Å². The topological polar surface area (TPSA) is 72.8 Å². The Morgan fingerprint density at radius 3 is 2.48 bits per heavy atom. The number of carbonyl (C=O) groups excluding carboxylic acids is 2. The highest BCUT2D eigenvalue weighted by Crippen LogP contribution is 2.60. The fourth-order valence-corrected chi connectivity index (χ4v) is 5.55. The molecule has 0 unspecified atom stereocenters. The molecule has 1 fully saturated rings. The van der Waals surface area contributed by atoms with Crippen LogP contribution in [0.3, 0.4) is 0 Å². The second kappa shape index (κ2) is 6.54. The van der Waals surface area contributed by atoms with Crippen molar-refractivity contribution < 1.29 is 24.2 Å². The number of aromatic hydroxyl groups is 1. The van der Waals surface area contributed by atoms with Crippen LogP contribution >= 0.6 is 0 Å². The Morgan fingerprint density at radius 2 is 1.93 bits per heavy atom. The van der Waals surface area contributed by atoms with Gasteiger partial charge in [-0.05, 0) is 37.7 Å². The van der Waals surface area contributed by atoms with E-state index in [1.165, 1.54) is 7.11 Å². The summed E-state index contributed by atoms with van der Waals surface area (Å²) in [4.78, 5) is 25.9. The average molecular weight is 374 g/mol. The quantitative estimate of drug-likeness (QED) is 0.797. The van der Waals surface area contributed by atoms with Gasteiger partial charge in [-0.25, -0.2) is 0 Å². The molecule has 2 aliphatic rings. The molecule has 1 saturated carbocycles. The fraction of sp³-hybridized carbons (Fsp3) is 0.636. The molecule has 1 N–H and O–H groups in total. The van der Waals surface area contributed by atoms with Crippen LogP contribution in [0.15, 0.2) is 6.07 Å². The molecule has 0 aromatic heterocycles. The van der Waals surface area contributed by atoms with Gasteiger partial charge in [-0.1, -0.05) is 27.2 Å². The molecule has 1 aromatic rings. The minimum absolute atomic E-state index is 0.0702. The summed E-state index contributed by atoms with van der Waals surface area (Å²) in [6.45, 7) is 7.99. The Labute approximate surface area is 161 Å². The number of phenols is 1. The third kappa shape index (κ3) is 2.66. The summed E-state index contributed by atoms with van der Waals surface area (Å²) in [5.41, 5.74) is 0.729. The number of Topliss-reactive ketones (excluding diaryl/α,β-unsaturated/α-hetero) is 1. The molecule has 0 saturated heterocycles. The Bertz CT molecular complexity index is 796. The van der Waals surface area contributed by atoms with Gasteiger partial charge in [0.15, 0.2) is 5.78 Å². The van der Waals surface area contributed by atoms with Gasteiger partial charge in [0.2, 0.25) is 0 Å². The summed E-state index contributed by atoms with van der Waals surface area (Å²) in [6.07, 6.45) is 2.58. The molecular formula is C22H30O5. The number of carbonyl (C=O) groups is 2. The van der Waals surface area contributed by atoms with E-state index in [4.69, 9.17) is 9.47 Å². The third-order valence-electron chi connectivity index (χ3n) is 6.94. The first-order valence-corrected chi connectivity index (χ1v) is 9.67. The number of esters is 1. The first-order valence-electron chi connectivity index (χ1n) is 9.67. The van der Waals surface area contributed by atoms with E-state index in [0.29, 0.717) is 23.3 Å². The van der Waals surface area contributed by atoms with Crippen molar-refractivity contribution in [2.75, 3.05) is 14.2 Å². The smallest absolute Gasteiger partial charge is 0.311 e. The van der Waals surface area contributed by atoms with E-state index >= 15 is 0 Å². The maximum absolute atomic E-state index is 13.2. The van der Waals surface area contributed by atoms with Crippen molar-refractivity contribution in [2.45, 2.75) is 64.7 Å². The van der Waals surface area contributed by atoms with Gasteiger partial charge in [0.1, 0.15) is 11.5 Å². The van der Waals surface area contributed by atoms with Gasteiger partial charge < -0.3 is 14.6 Å². The molecule has 1 aromatic carbocycles. The van der Waals surface area contributed by atoms with Crippen LogP contribution in [0.2, 0.25) is 0 Å². The van der Waals surface area contributed by atoms with E-state index in [1.807, 2.05) is 20.8 Å². The van der Waals surface area contributed by atoms with Crippen LogP contribution in [0.5, 0.6) is 11.5 Å². The van der Waals surface area contributed by atoms with E-state index < -0.39 is 10.8 Å². The highest BCUT2D eigenvalue weighted by molar-refractivity contribution is 6.04. The number of benzene rings is 1. The number of ketones is 1. The standard InChI is InChI=1S/C22H30O5/c1-12(2)13-10-15(24)18-17(19(13)26-5)14(23)11-16-21(18,3)8-7-9-22(16,4)20(25)27-6/h10,12,16,24H,7-9,11H2,1-6H3/t16-,21+,22+/m1/s1. The van der Waals surface area contributed by atoms with Crippen LogP contribution in [0.1, 0.15) is 80.8 Å². The van der Waals surface area contributed by atoms with Crippen LogP contribution in [0.25, 0.3) is 0 Å². The van der Waals surface area contributed by atoms with Gasteiger partial charge in [-0.2, -0.15) is 0 Å². The number of hydrogen-bond acceptors (Lipinski definition) is 5. The molecule has 0 spiro atoms. The van der Waals surface area contributed by atoms with Crippen molar-refractivity contribution in [3.63, 3.8) is 0 Å². The minimum atomic E-state index is -0.745. The van der Waals surface area contributed by atoms with Gasteiger partial charge in [0, 0.05) is 23.0 Å². The molecule has 27 heavy (non-hydrogen) atoms. The second-order valence-electron chi connectivity index (χ2n) is 8.78. The molecule has 2 aliphatic carbocycles. The number of phenolic OH excluding ortho intramolecular Hbond substituents is 1. The molecule has 0 amide bonds. The zero-order chi connectivity index (χ0) is 20.1. The van der Waals surface area contributed by atoms with Gasteiger partial charge in [-0.3, -0.25) is 9.59 Å². The van der Waals surface area contributed by atoms with E-state index in [-0.39, 0.29) is 35.8 Å². The van der Waals surface area contributed by atoms with Crippen molar-refractivity contribution in [2.24, 2.45) is 11.3 Å². The molecule has 3 atom stereocenters. The number of hydrogen-bond donors (Lipinski definition) is 1. The van der Waals surface area contributed by atoms with E-state index in [2.05, 4.69) is 6.92 Å². The lowest BCUT2D eigenvalue weighted by molar-refractivity contribution is -0.160. The lowest BCUT2D eigenvalue weighted by Gasteiger charge is -2.53. The SMILES string of the molecule is COC(=O)[C@@]1(C)CCC[C@]2(C)c3c(O)cc(C(C)C)c(OC)c3C(=O)C[C@@H]12. The summed E-state index contributed by atoms with van der Waals surface area (Å²) in [7, 11) is 2.97. The fourth-order valence-electron chi connectivity index (χ4n) is 5.55. The van der Waals surface area contributed by atoms with Crippen molar-refractivity contribution in [3.05, 3.63) is 22.8 Å². The zero-order valence-corrected chi connectivity index (χ0v) is 17.1. The molecule has 3 rings (SSSR count). The van der Waals surface area contributed by atoms with E-state index in [9.17, 15) is 14.7 Å². The summed E-state index contributed by atoms with van der Waals surface area (Å²) in [5.74, 6) is 0.240. The van der Waals surface area contributed by atoms with Crippen molar-refractivity contribution in [1.29, 1.82) is 0 Å². The highest BCUT2D eigenvalue weighted by atomic mass is 16.5. The van der Waals surface area contributed by atoms with Crippen LogP contribution in [0, 0.1) is 11.3 Å². The Morgan fingerprint density at radius 1 is 1.26 bits per heavy atom. The molecular weight excluding hydrogens is 344 g/mol. The number of methoxy groups -OCH3 is 2. The third-order valence-corrected chi connectivity index (χ3v) is 6.94. The van der Waals surface area contributed by atoms with Crippen molar-refractivity contribution in [1.82, 2.24) is 0 Å². The minimum Gasteiger partial charge on any atom is -0.508 e. The maximum atomic E-state index is 13.2. The van der Waals surface area contributed by atoms with Crippen LogP contribution < -0.4 is 4.74 Å². The summed E-state index contributed by atoms with van der Waals surface area (Å²) >= 11 is 0. The predicted octanol–water partition coefficient (Wildman–Crippen LogP) is 4.35. The van der Waals surface area contributed by atoms with Crippen LogP contribution in [-0.4, -0.2) is 31.1 Å². The Hall–Kier alpha value is -2.04. The molecule has 148 valence electrons. The summed E-state index contributed by atoms with van der Waals surface area (Å²) in [5, 5.41) is 11.0. The molecule has 0 bridgehead atoms. The van der Waals surface area contributed by atoms with Gasteiger partial charge >= 0.3 is 5.97 Å². The van der Waals surface area contributed by atoms with Crippen molar-refractivity contribution in [3.8, 4) is 11.5 Å². The zero-order valence-electron chi connectivity index (χ0n) is 17.1. The largest absolute Gasteiger partial charge is 0.508 e. The first kappa shape index (κ1) is 19.7. The monoisotopic (exact) mass is 374 g/mol. The Balaban J connectivity index is 2.29. The normalized spacial score (nSPS) is 29.9. The maximum Gasteiger partial charge on any atom is 0.311 e. The molecule has 0 radical (unpaired) electrons. The summed E-state index contributed by atoms with van der Waals surface area (Å²) < 4.78 is 10.8. The second-order valence-corrected chi connectivity index (χ2v) is 8.78. The molecule has 0 heterocycles. The van der Waals surface area contributed by atoms with Crippen LogP contribution in [0.4, 0.5) is 0 Å². The van der Waals surface area contributed by atoms with Crippen molar-refractivity contribution >= 4 is 11.8 Å². The molecule has 5 heteroatoms. The van der Waals surface area contributed by atoms with Gasteiger partial charge in [0.25, 0.3) is 0 Å². The number of ether oxygens (including phenoxy) is 2. The average Bonchev–Trinajstić information content (AvgIpc) is 2.62. The first-order chi connectivity index (χ1) is 12.6. The Kier molecular flexibility index (Phi) is 4.77. The van der Waals surface area contributed by atoms with Crippen LogP contribution in [-0.2, 0) is 14.9 Å². The lowest BCUT2D eigenvalue weighted by atomic mass is 9.49. The highest BCUT2D eigenvalue weighted by Gasteiger charge is 2.58. The van der Waals surface area contributed by atoms with Gasteiger partial charge in [-0.15, -0.1) is 0 Å². The number of fused-ring (bicyclic) bond motifs is 3.